The van der Waals surface area contributed by atoms with Crippen LogP contribution >= 0.6 is 23.2 Å². The molecule has 0 amide bonds. The summed E-state index contributed by atoms with van der Waals surface area (Å²) in [5.41, 5.74) is -0.597. The van der Waals surface area contributed by atoms with Gasteiger partial charge in [0.25, 0.3) is 0 Å². The van der Waals surface area contributed by atoms with Crippen LogP contribution in [0, 0.1) is 0 Å². The first-order valence-corrected chi connectivity index (χ1v) is 6.87. The number of rotatable bonds is 5. The van der Waals surface area contributed by atoms with Crippen LogP contribution in [0.25, 0.3) is 0 Å². The van der Waals surface area contributed by atoms with Gasteiger partial charge in [-0.15, -0.1) is 0 Å². The van der Waals surface area contributed by atoms with Crippen LogP contribution < -0.4 is 4.74 Å². The van der Waals surface area contributed by atoms with Crippen LogP contribution in [0.15, 0.2) is 24.3 Å². The van der Waals surface area contributed by atoms with E-state index in [-0.39, 0.29) is 28.6 Å². The predicted octanol–water partition coefficient (Wildman–Crippen LogP) is 3.39. The molecule has 0 unspecified atom stereocenters. The Balaban J connectivity index is 1.97. The average Bonchev–Trinajstić information content (AvgIpc) is 2.43. The molecule has 0 spiro atoms. The van der Waals surface area contributed by atoms with E-state index in [2.05, 4.69) is 15.0 Å². The Morgan fingerprint density at radius 2 is 1.78 bits per heavy atom. The number of hydrogen-bond donors (Lipinski definition) is 0. The van der Waals surface area contributed by atoms with Gasteiger partial charge in [-0.2, -0.15) is 28.1 Å². The van der Waals surface area contributed by atoms with Crippen LogP contribution in [0.1, 0.15) is 11.1 Å². The van der Waals surface area contributed by atoms with E-state index in [0.29, 0.717) is 0 Å². The predicted molar refractivity (Wildman–Crippen MR) is 75.5 cm³/mol. The van der Waals surface area contributed by atoms with Crippen LogP contribution in [-0.2, 0) is 17.4 Å². The summed E-state index contributed by atoms with van der Waals surface area (Å²) in [5.74, 6) is -0.461. The van der Waals surface area contributed by atoms with E-state index in [4.69, 9.17) is 27.9 Å². The second-order valence-electron chi connectivity index (χ2n) is 4.36. The zero-order valence-electron chi connectivity index (χ0n) is 11.3. The minimum absolute atomic E-state index is 0.203. The number of carbonyl (C=O) groups is 1. The zero-order chi connectivity index (χ0) is 17.0. The molecule has 0 aliphatic heterocycles. The molecule has 2 rings (SSSR count). The Bertz CT molecular complexity index is 706. The van der Waals surface area contributed by atoms with E-state index < -0.39 is 24.1 Å². The van der Waals surface area contributed by atoms with Gasteiger partial charge in [0.1, 0.15) is 0 Å². The summed E-state index contributed by atoms with van der Waals surface area (Å²) in [7, 11) is 0. The van der Waals surface area contributed by atoms with Crippen molar-refractivity contribution in [3.8, 4) is 6.01 Å². The molecule has 0 fully saturated rings. The normalized spacial score (nSPS) is 11.3. The van der Waals surface area contributed by atoms with Crippen LogP contribution in [0.3, 0.4) is 0 Å². The molecule has 1 heterocycles. The van der Waals surface area contributed by atoms with Crippen molar-refractivity contribution in [2.24, 2.45) is 0 Å². The topological polar surface area (TPSA) is 65.0 Å². The van der Waals surface area contributed by atoms with E-state index in [0.717, 1.165) is 12.1 Å². The number of hydrogen-bond acceptors (Lipinski definition) is 5. The molecule has 1 aromatic heterocycles. The quantitative estimate of drug-likeness (QED) is 0.812. The van der Waals surface area contributed by atoms with E-state index in [1.54, 1.807) is 0 Å². The third-order valence-electron chi connectivity index (χ3n) is 2.58. The summed E-state index contributed by atoms with van der Waals surface area (Å²) >= 11 is 11.1. The number of Topliss-reactive ketones (excluding diaryl/α,β-unsaturated/α-hetero) is 1. The first kappa shape index (κ1) is 17.4. The number of aromatic nitrogens is 3. The number of benzene rings is 1. The number of carbonyl (C=O) groups excluding carboxylic acids is 1. The van der Waals surface area contributed by atoms with Gasteiger partial charge in [-0.25, -0.2) is 0 Å². The Morgan fingerprint density at radius 1 is 1.13 bits per heavy atom. The van der Waals surface area contributed by atoms with Gasteiger partial charge in [-0.05, 0) is 34.8 Å². The highest BCUT2D eigenvalue weighted by Crippen LogP contribution is 2.29. The Kier molecular flexibility index (Phi) is 5.38. The lowest BCUT2D eigenvalue weighted by molar-refractivity contribution is -0.137. The number of halogens is 5. The third-order valence-corrected chi connectivity index (χ3v) is 2.92. The number of ketones is 1. The second-order valence-corrected chi connectivity index (χ2v) is 5.03. The molecular weight excluding hydrogens is 358 g/mol. The van der Waals surface area contributed by atoms with E-state index in [1.165, 1.54) is 12.1 Å². The molecule has 0 saturated heterocycles. The van der Waals surface area contributed by atoms with Gasteiger partial charge in [0.2, 0.25) is 10.6 Å². The SMILES string of the molecule is O=C(COc1nc(Cl)nc(Cl)n1)Cc1cccc(C(F)(F)F)c1. The molecule has 10 heteroatoms. The molecule has 0 N–H and O–H groups in total. The molecule has 0 bridgehead atoms. The van der Waals surface area contributed by atoms with E-state index in [1.807, 2.05) is 0 Å². The summed E-state index contributed by atoms with van der Waals surface area (Å²) in [6.45, 7) is -0.438. The summed E-state index contributed by atoms with van der Waals surface area (Å²) < 4.78 is 42.8. The molecule has 122 valence electrons. The maximum atomic E-state index is 12.6. The number of nitrogens with zero attached hydrogens (tertiary/aromatic N) is 3. The van der Waals surface area contributed by atoms with Gasteiger partial charge in [0.05, 0.1) is 5.56 Å². The number of alkyl halides is 3. The van der Waals surface area contributed by atoms with Gasteiger partial charge in [0, 0.05) is 6.42 Å². The summed E-state index contributed by atoms with van der Waals surface area (Å²) in [4.78, 5) is 22.5. The largest absolute Gasteiger partial charge is 0.455 e. The van der Waals surface area contributed by atoms with Crippen molar-refractivity contribution in [1.29, 1.82) is 0 Å². The molecule has 23 heavy (non-hydrogen) atoms. The monoisotopic (exact) mass is 365 g/mol. The van der Waals surface area contributed by atoms with Crippen molar-refractivity contribution >= 4 is 29.0 Å². The standard InChI is InChI=1S/C13H8Cl2F3N3O2/c14-10-19-11(15)21-12(20-10)23-6-9(22)5-7-2-1-3-8(4-7)13(16,17)18/h1-4H,5-6H2. The minimum atomic E-state index is -4.46. The molecule has 0 atom stereocenters. The summed E-state index contributed by atoms with van der Waals surface area (Å²) in [5, 5.41) is -0.407. The van der Waals surface area contributed by atoms with Crippen molar-refractivity contribution in [1.82, 2.24) is 15.0 Å². The maximum Gasteiger partial charge on any atom is 0.416 e. The zero-order valence-corrected chi connectivity index (χ0v) is 12.8. The van der Waals surface area contributed by atoms with Gasteiger partial charge in [-0.3, -0.25) is 4.79 Å². The Labute approximate surface area is 138 Å². The molecule has 0 aliphatic rings. The van der Waals surface area contributed by atoms with Crippen LogP contribution in [-0.4, -0.2) is 27.3 Å². The summed E-state index contributed by atoms with van der Waals surface area (Å²) in [6.07, 6.45) is -4.69. The fraction of sp³-hybridized carbons (Fsp3) is 0.231. The molecule has 0 saturated carbocycles. The van der Waals surface area contributed by atoms with Crippen molar-refractivity contribution in [2.75, 3.05) is 6.61 Å². The Hall–Kier alpha value is -1.93. The molecule has 0 radical (unpaired) electrons. The average molecular weight is 366 g/mol. The third kappa shape index (κ3) is 5.33. The molecule has 0 aliphatic carbocycles. The Morgan fingerprint density at radius 3 is 2.39 bits per heavy atom. The molecule has 2 aromatic rings. The van der Waals surface area contributed by atoms with Crippen molar-refractivity contribution in [2.45, 2.75) is 12.6 Å². The highest BCUT2D eigenvalue weighted by atomic mass is 35.5. The highest BCUT2D eigenvalue weighted by Gasteiger charge is 2.30. The fourth-order valence-corrected chi connectivity index (χ4v) is 2.00. The van der Waals surface area contributed by atoms with Gasteiger partial charge in [0.15, 0.2) is 12.4 Å². The molecule has 5 nitrogen and oxygen atoms in total. The molecular formula is C13H8Cl2F3N3O2. The smallest absolute Gasteiger partial charge is 0.416 e. The van der Waals surface area contributed by atoms with Gasteiger partial charge >= 0.3 is 12.2 Å². The highest BCUT2D eigenvalue weighted by molar-refractivity contribution is 6.31. The van der Waals surface area contributed by atoms with Crippen molar-refractivity contribution in [3.63, 3.8) is 0 Å². The lowest BCUT2D eigenvalue weighted by Crippen LogP contribution is -2.16. The fourth-order valence-electron chi connectivity index (χ4n) is 1.65. The lowest BCUT2D eigenvalue weighted by Gasteiger charge is -2.08. The van der Waals surface area contributed by atoms with Crippen LogP contribution in [0.2, 0.25) is 10.6 Å². The van der Waals surface area contributed by atoms with Crippen molar-refractivity contribution in [3.05, 3.63) is 46.0 Å². The lowest BCUT2D eigenvalue weighted by atomic mass is 10.1. The van der Waals surface area contributed by atoms with Gasteiger partial charge < -0.3 is 4.74 Å². The van der Waals surface area contributed by atoms with Crippen LogP contribution in [0.4, 0.5) is 13.2 Å². The van der Waals surface area contributed by atoms with Crippen molar-refractivity contribution < 1.29 is 22.7 Å². The maximum absolute atomic E-state index is 12.6. The van der Waals surface area contributed by atoms with E-state index >= 15 is 0 Å². The minimum Gasteiger partial charge on any atom is -0.455 e. The number of ether oxygens (including phenoxy) is 1. The summed E-state index contributed by atoms with van der Waals surface area (Å²) in [6, 6.07) is 4.25. The van der Waals surface area contributed by atoms with Gasteiger partial charge in [-0.1, -0.05) is 18.2 Å². The van der Waals surface area contributed by atoms with Crippen LogP contribution in [0.5, 0.6) is 6.01 Å². The van der Waals surface area contributed by atoms with E-state index in [9.17, 15) is 18.0 Å². The first-order chi connectivity index (χ1) is 10.7. The first-order valence-electron chi connectivity index (χ1n) is 6.12. The second kappa shape index (κ2) is 7.10. The molecule has 1 aromatic carbocycles.